The second kappa shape index (κ2) is 10.1. The summed E-state index contributed by atoms with van der Waals surface area (Å²) < 4.78 is 4.68. The van der Waals surface area contributed by atoms with Gasteiger partial charge in [-0.05, 0) is 17.5 Å². The Labute approximate surface area is 158 Å². The maximum Gasteiger partial charge on any atom is 0.326 e. The van der Waals surface area contributed by atoms with Crippen molar-refractivity contribution in [3.05, 3.63) is 71.8 Å². The largest absolute Gasteiger partial charge is 0.480 e. The van der Waals surface area contributed by atoms with Gasteiger partial charge in [0.25, 0.3) is 0 Å². The zero-order valence-electron chi connectivity index (χ0n) is 15.1. The molecule has 2 rings (SSSR count). The highest BCUT2D eigenvalue weighted by atomic mass is 16.5. The molecule has 0 saturated carbocycles. The van der Waals surface area contributed by atoms with E-state index in [2.05, 4.69) is 10.1 Å². The maximum atomic E-state index is 12.7. The number of hydrogen-bond donors (Lipinski definition) is 2. The van der Waals surface area contributed by atoms with E-state index in [0.29, 0.717) is 6.42 Å². The zero-order chi connectivity index (χ0) is 19.6. The molecule has 6 heteroatoms. The van der Waals surface area contributed by atoms with Gasteiger partial charge in [0.2, 0.25) is 5.91 Å². The SMILES string of the molecule is COC(=O)CC(Cc1ccccc1)C(=O)N[C@@H](Cc1ccccc1)C(=O)O. The first kappa shape index (κ1) is 20.2. The first-order valence-electron chi connectivity index (χ1n) is 8.67. The topological polar surface area (TPSA) is 92.7 Å². The molecule has 0 fully saturated rings. The zero-order valence-corrected chi connectivity index (χ0v) is 15.1. The van der Waals surface area contributed by atoms with Crippen molar-refractivity contribution in [3.63, 3.8) is 0 Å². The third kappa shape index (κ3) is 6.58. The second-order valence-corrected chi connectivity index (χ2v) is 6.26. The lowest BCUT2D eigenvalue weighted by atomic mass is 9.94. The van der Waals surface area contributed by atoms with Gasteiger partial charge in [0, 0.05) is 6.42 Å². The summed E-state index contributed by atoms with van der Waals surface area (Å²) in [5.41, 5.74) is 1.69. The number of ether oxygens (including phenoxy) is 1. The van der Waals surface area contributed by atoms with E-state index >= 15 is 0 Å². The standard InChI is InChI=1S/C21H23NO5/c1-27-19(23)14-17(12-15-8-4-2-5-9-15)20(24)22-18(21(25)26)13-16-10-6-3-7-11-16/h2-11,17-18H,12-14H2,1H3,(H,22,24)(H,25,26)/t17?,18-/m0/s1. The number of carboxylic acids is 1. The normalized spacial score (nSPS) is 12.6. The summed E-state index contributed by atoms with van der Waals surface area (Å²) >= 11 is 0. The lowest BCUT2D eigenvalue weighted by molar-refractivity contribution is -0.145. The molecule has 0 aliphatic carbocycles. The lowest BCUT2D eigenvalue weighted by Crippen LogP contribution is -2.45. The average Bonchev–Trinajstić information content (AvgIpc) is 2.68. The molecule has 0 heterocycles. The molecule has 1 amide bonds. The molecular weight excluding hydrogens is 346 g/mol. The number of aliphatic carboxylic acids is 1. The Bertz CT molecular complexity index is 761. The Kier molecular flexibility index (Phi) is 7.55. The van der Waals surface area contributed by atoms with Crippen LogP contribution in [0.2, 0.25) is 0 Å². The highest BCUT2D eigenvalue weighted by Crippen LogP contribution is 2.15. The van der Waals surface area contributed by atoms with Gasteiger partial charge in [0.1, 0.15) is 6.04 Å². The Morgan fingerprint density at radius 3 is 1.93 bits per heavy atom. The summed E-state index contributed by atoms with van der Waals surface area (Å²) in [5.74, 6) is -2.82. The van der Waals surface area contributed by atoms with Crippen molar-refractivity contribution in [1.29, 1.82) is 0 Å². The number of nitrogens with one attached hydrogen (secondary N) is 1. The molecule has 6 nitrogen and oxygen atoms in total. The summed E-state index contributed by atoms with van der Waals surface area (Å²) in [6, 6.07) is 17.3. The van der Waals surface area contributed by atoms with Gasteiger partial charge in [0.05, 0.1) is 19.4 Å². The Hall–Kier alpha value is -3.15. The number of methoxy groups -OCH3 is 1. The predicted molar refractivity (Wildman–Crippen MR) is 100.0 cm³/mol. The molecule has 27 heavy (non-hydrogen) atoms. The summed E-state index contributed by atoms with van der Waals surface area (Å²) in [7, 11) is 1.26. The van der Waals surface area contributed by atoms with E-state index in [9.17, 15) is 19.5 Å². The van der Waals surface area contributed by atoms with E-state index in [1.165, 1.54) is 7.11 Å². The molecule has 2 aromatic rings. The summed E-state index contributed by atoms with van der Waals surface area (Å²) in [6.45, 7) is 0. The van der Waals surface area contributed by atoms with Gasteiger partial charge in [-0.25, -0.2) is 4.79 Å². The van der Waals surface area contributed by atoms with Crippen molar-refractivity contribution in [2.75, 3.05) is 7.11 Å². The average molecular weight is 369 g/mol. The number of carboxylic acid groups (broad SMARTS) is 1. The van der Waals surface area contributed by atoms with Crippen molar-refractivity contribution in [3.8, 4) is 0 Å². The summed E-state index contributed by atoms with van der Waals surface area (Å²) in [5, 5.41) is 12.0. The molecule has 0 aliphatic heterocycles. The van der Waals surface area contributed by atoms with Gasteiger partial charge in [-0.1, -0.05) is 60.7 Å². The van der Waals surface area contributed by atoms with Gasteiger partial charge < -0.3 is 15.2 Å². The fourth-order valence-corrected chi connectivity index (χ4v) is 2.78. The minimum atomic E-state index is -1.12. The molecule has 0 aliphatic rings. The molecule has 2 aromatic carbocycles. The van der Waals surface area contributed by atoms with Crippen LogP contribution in [-0.2, 0) is 32.0 Å². The van der Waals surface area contributed by atoms with Gasteiger partial charge in [-0.15, -0.1) is 0 Å². The van der Waals surface area contributed by atoms with Crippen LogP contribution in [0.5, 0.6) is 0 Å². The fraction of sp³-hybridized carbons (Fsp3) is 0.286. The van der Waals surface area contributed by atoms with Crippen LogP contribution in [0.4, 0.5) is 0 Å². The number of benzene rings is 2. The third-order valence-electron chi connectivity index (χ3n) is 4.23. The van der Waals surface area contributed by atoms with Crippen LogP contribution >= 0.6 is 0 Å². The van der Waals surface area contributed by atoms with Crippen LogP contribution in [0.15, 0.2) is 60.7 Å². The van der Waals surface area contributed by atoms with Crippen LogP contribution in [-0.4, -0.2) is 36.1 Å². The predicted octanol–water partition coefficient (Wildman–Crippen LogP) is 2.22. The van der Waals surface area contributed by atoms with E-state index < -0.39 is 29.8 Å². The third-order valence-corrected chi connectivity index (χ3v) is 4.23. The quantitative estimate of drug-likeness (QED) is 0.661. The molecule has 0 aromatic heterocycles. The van der Waals surface area contributed by atoms with E-state index in [1.54, 1.807) is 12.1 Å². The molecule has 2 N–H and O–H groups in total. The monoisotopic (exact) mass is 369 g/mol. The number of carbonyl (C=O) groups excluding carboxylic acids is 2. The first-order chi connectivity index (χ1) is 13.0. The van der Waals surface area contributed by atoms with Crippen molar-refractivity contribution >= 4 is 17.8 Å². The van der Waals surface area contributed by atoms with Crippen molar-refractivity contribution < 1.29 is 24.2 Å². The van der Waals surface area contributed by atoms with E-state index in [0.717, 1.165) is 11.1 Å². The molecule has 2 atom stereocenters. The molecular formula is C21H23NO5. The van der Waals surface area contributed by atoms with Crippen LogP contribution in [0.3, 0.4) is 0 Å². The molecule has 1 unspecified atom stereocenters. The van der Waals surface area contributed by atoms with Crippen molar-refractivity contribution in [2.24, 2.45) is 5.92 Å². The Morgan fingerprint density at radius 2 is 1.44 bits per heavy atom. The number of hydrogen-bond acceptors (Lipinski definition) is 4. The molecule has 0 spiro atoms. The number of rotatable bonds is 9. The molecule has 0 radical (unpaired) electrons. The minimum absolute atomic E-state index is 0.116. The fourth-order valence-electron chi connectivity index (χ4n) is 2.78. The minimum Gasteiger partial charge on any atom is -0.480 e. The second-order valence-electron chi connectivity index (χ2n) is 6.26. The van der Waals surface area contributed by atoms with Crippen LogP contribution in [0.25, 0.3) is 0 Å². The van der Waals surface area contributed by atoms with Gasteiger partial charge in [-0.3, -0.25) is 9.59 Å². The highest BCUT2D eigenvalue weighted by Gasteiger charge is 2.27. The summed E-state index contributed by atoms with van der Waals surface area (Å²) in [6.07, 6.45) is 0.368. The van der Waals surface area contributed by atoms with E-state index in [1.807, 2.05) is 48.5 Å². The number of carbonyl (C=O) groups is 3. The van der Waals surface area contributed by atoms with E-state index in [4.69, 9.17) is 0 Å². The summed E-state index contributed by atoms with van der Waals surface area (Å²) in [4.78, 5) is 36.0. The number of amides is 1. The van der Waals surface area contributed by atoms with Gasteiger partial charge >= 0.3 is 11.9 Å². The highest BCUT2D eigenvalue weighted by molar-refractivity contribution is 5.87. The first-order valence-corrected chi connectivity index (χ1v) is 8.67. The smallest absolute Gasteiger partial charge is 0.326 e. The van der Waals surface area contributed by atoms with Gasteiger partial charge in [-0.2, -0.15) is 0 Å². The van der Waals surface area contributed by atoms with Crippen molar-refractivity contribution in [2.45, 2.75) is 25.3 Å². The molecule has 142 valence electrons. The van der Waals surface area contributed by atoms with Crippen molar-refractivity contribution in [1.82, 2.24) is 5.32 Å². The van der Waals surface area contributed by atoms with Gasteiger partial charge in [0.15, 0.2) is 0 Å². The van der Waals surface area contributed by atoms with E-state index in [-0.39, 0.29) is 12.8 Å². The Balaban J connectivity index is 2.11. The van der Waals surface area contributed by atoms with Crippen LogP contribution in [0, 0.1) is 5.92 Å². The number of esters is 1. The maximum absolute atomic E-state index is 12.7. The van der Waals surface area contributed by atoms with Crippen LogP contribution < -0.4 is 5.32 Å². The Morgan fingerprint density at radius 1 is 0.926 bits per heavy atom. The molecule has 0 saturated heterocycles. The van der Waals surface area contributed by atoms with Crippen LogP contribution in [0.1, 0.15) is 17.5 Å². The molecule has 0 bridgehead atoms. The lowest BCUT2D eigenvalue weighted by Gasteiger charge is -2.20.